The molecule has 154 valence electrons. The Bertz CT molecular complexity index is 1280. The molecule has 2 aromatic carbocycles. The first-order valence-electron chi connectivity index (χ1n) is 9.13. The van der Waals surface area contributed by atoms with Crippen molar-refractivity contribution in [3.8, 4) is 17.0 Å². The summed E-state index contributed by atoms with van der Waals surface area (Å²) >= 11 is 6.13. The maximum atomic E-state index is 12.6. The third-order valence-electron chi connectivity index (χ3n) is 4.44. The normalized spacial score (nSPS) is 11.0. The van der Waals surface area contributed by atoms with Crippen LogP contribution in [0.2, 0.25) is 5.02 Å². The number of hydrogen-bond donors (Lipinski definition) is 1. The Morgan fingerprint density at radius 3 is 2.61 bits per heavy atom. The number of nitro groups is 1. The molecule has 0 aliphatic rings. The Balaban J connectivity index is 1.47. The van der Waals surface area contributed by atoms with Crippen molar-refractivity contribution < 1.29 is 14.1 Å². The standard InChI is InChI=1S/C22H15ClN4O4/c23-19-13-15(27(29)30)7-9-17(19)21-10-8-16(31-21)14-24-25-22(28)18-5-1-2-6-20(18)26-11-3-4-12-26/h1-14H,(H,25,28)/b24-14+. The van der Waals surface area contributed by atoms with Gasteiger partial charge in [-0.15, -0.1) is 0 Å². The number of amides is 1. The van der Waals surface area contributed by atoms with Crippen LogP contribution in [0.5, 0.6) is 0 Å². The number of furan rings is 1. The van der Waals surface area contributed by atoms with Gasteiger partial charge in [0.1, 0.15) is 11.5 Å². The van der Waals surface area contributed by atoms with Crippen LogP contribution in [-0.4, -0.2) is 21.6 Å². The minimum absolute atomic E-state index is 0.106. The second-order valence-corrected chi connectivity index (χ2v) is 6.84. The third kappa shape index (κ3) is 4.39. The zero-order valence-corrected chi connectivity index (χ0v) is 16.7. The molecule has 0 saturated carbocycles. The fourth-order valence-electron chi connectivity index (χ4n) is 2.99. The second-order valence-electron chi connectivity index (χ2n) is 6.43. The number of para-hydroxylation sites is 1. The van der Waals surface area contributed by atoms with Crippen LogP contribution in [-0.2, 0) is 0 Å². The molecule has 1 N–H and O–H groups in total. The molecule has 0 aliphatic heterocycles. The predicted molar refractivity (Wildman–Crippen MR) is 117 cm³/mol. The van der Waals surface area contributed by atoms with Gasteiger partial charge in [0.2, 0.25) is 0 Å². The highest BCUT2D eigenvalue weighted by Gasteiger charge is 2.14. The Morgan fingerprint density at radius 2 is 1.87 bits per heavy atom. The number of non-ortho nitro benzene ring substituents is 1. The van der Waals surface area contributed by atoms with Crippen molar-refractivity contribution >= 4 is 29.4 Å². The maximum absolute atomic E-state index is 12.6. The number of halogens is 1. The molecule has 31 heavy (non-hydrogen) atoms. The third-order valence-corrected chi connectivity index (χ3v) is 4.76. The monoisotopic (exact) mass is 434 g/mol. The lowest BCUT2D eigenvalue weighted by Gasteiger charge is -2.08. The fraction of sp³-hybridized carbons (Fsp3) is 0. The summed E-state index contributed by atoms with van der Waals surface area (Å²) in [7, 11) is 0. The smallest absolute Gasteiger partial charge is 0.273 e. The lowest BCUT2D eigenvalue weighted by molar-refractivity contribution is -0.384. The van der Waals surface area contributed by atoms with Gasteiger partial charge in [0.15, 0.2) is 0 Å². The first-order valence-corrected chi connectivity index (χ1v) is 9.50. The van der Waals surface area contributed by atoms with E-state index in [1.807, 2.05) is 41.2 Å². The van der Waals surface area contributed by atoms with Crippen LogP contribution in [0.3, 0.4) is 0 Å². The van der Waals surface area contributed by atoms with Crippen molar-refractivity contribution in [1.29, 1.82) is 0 Å². The molecule has 2 heterocycles. The summed E-state index contributed by atoms with van der Waals surface area (Å²) < 4.78 is 7.50. The summed E-state index contributed by atoms with van der Waals surface area (Å²) in [6.07, 6.45) is 5.06. The number of aromatic nitrogens is 1. The first-order chi connectivity index (χ1) is 15.0. The summed E-state index contributed by atoms with van der Waals surface area (Å²) in [5, 5.41) is 15.0. The van der Waals surface area contributed by atoms with Crippen molar-refractivity contribution in [2.45, 2.75) is 0 Å². The average molecular weight is 435 g/mol. The van der Waals surface area contributed by atoms with E-state index < -0.39 is 4.92 Å². The molecule has 0 fully saturated rings. The van der Waals surface area contributed by atoms with Crippen molar-refractivity contribution in [3.05, 3.63) is 106 Å². The topological polar surface area (TPSA) is 103 Å². The average Bonchev–Trinajstić information content (AvgIpc) is 3.46. The Kier molecular flexibility index (Phi) is 5.63. The molecule has 0 saturated heterocycles. The lowest BCUT2D eigenvalue weighted by Crippen LogP contribution is -2.19. The molecule has 0 atom stereocenters. The quantitative estimate of drug-likeness (QED) is 0.260. The summed E-state index contributed by atoms with van der Waals surface area (Å²) in [5.41, 5.74) is 4.09. The van der Waals surface area contributed by atoms with Crippen molar-refractivity contribution in [3.63, 3.8) is 0 Å². The molecule has 4 aromatic rings. The van der Waals surface area contributed by atoms with Gasteiger partial charge in [0, 0.05) is 30.1 Å². The Hall–Kier alpha value is -4.17. The van der Waals surface area contributed by atoms with E-state index in [-0.39, 0.29) is 16.6 Å². The van der Waals surface area contributed by atoms with Crippen LogP contribution in [0.15, 0.2) is 88.6 Å². The zero-order chi connectivity index (χ0) is 21.8. The highest BCUT2D eigenvalue weighted by molar-refractivity contribution is 6.33. The van der Waals surface area contributed by atoms with Crippen LogP contribution >= 0.6 is 11.6 Å². The summed E-state index contributed by atoms with van der Waals surface area (Å²) in [6, 6.07) is 18.4. The van der Waals surface area contributed by atoms with E-state index in [9.17, 15) is 14.9 Å². The van der Waals surface area contributed by atoms with Crippen LogP contribution in [0.25, 0.3) is 17.0 Å². The van der Waals surface area contributed by atoms with E-state index in [4.69, 9.17) is 16.0 Å². The molecule has 8 nitrogen and oxygen atoms in total. The van der Waals surface area contributed by atoms with Crippen LogP contribution < -0.4 is 5.43 Å². The molecule has 0 unspecified atom stereocenters. The number of hydrogen-bond acceptors (Lipinski definition) is 5. The molecular formula is C22H15ClN4O4. The van der Waals surface area contributed by atoms with E-state index >= 15 is 0 Å². The van der Waals surface area contributed by atoms with Gasteiger partial charge in [-0.1, -0.05) is 23.7 Å². The highest BCUT2D eigenvalue weighted by Crippen LogP contribution is 2.32. The molecule has 9 heteroatoms. The van der Waals surface area contributed by atoms with Crippen molar-refractivity contribution in [1.82, 2.24) is 9.99 Å². The van der Waals surface area contributed by atoms with Gasteiger partial charge in [0.05, 0.1) is 27.4 Å². The van der Waals surface area contributed by atoms with Gasteiger partial charge in [-0.2, -0.15) is 5.10 Å². The lowest BCUT2D eigenvalue weighted by atomic mass is 10.1. The van der Waals surface area contributed by atoms with Gasteiger partial charge in [-0.25, -0.2) is 5.43 Å². The van der Waals surface area contributed by atoms with Crippen LogP contribution in [0.4, 0.5) is 5.69 Å². The van der Waals surface area contributed by atoms with Crippen molar-refractivity contribution in [2.24, 2.45) is 5.10 Å². The number of benzene rings is 2. The Labute approximate surface area is 181 Å². The number of carbonyl (C=O) groups excluding carboxylic acids is 1. The molecule has 1 amide bonds. The molecular weight excluding hydrogens is 420 g/mol. The van der Waals surface area contributed by atoms with Crippen LogP contribution in [0.1, 0.15) is 16.1 Å². The van der Waals surface area contributed by atoms with Gasteiger partial charge >= 0.3 is 0 Å². The number of carbonyl (C=O) groups is 1. The SMILES string of the molecule is O=C(N/N=C/c1ccc(-c2ccc([N+](=O)[O-])cc2Cl)o1)c1ccccc1-n1cccc1. The van der Waals surface area contributed by atoms with Gasteiger partial charge in [-0.05, 0) is 42.5 Å². The summed E-state index contributed by atoms with van der Waals surface area (Å²) in [4.78, 5) is 22.9. The summed E-state index contributed by atoms with van der Waals surface area (Å²) in [5.74, 6) is 0.430. The summed E-state index contributed by atoms with van der Waals surface area (Å²) in [6.45, 7) is 0. The largest absolute Gasteiger partial charge is 0.455 e. The molecule has 0 spiro atoms. The number of nitrogens with one attached hydrogen (secondary N) is 1. The maximum Gasteiger partial charge on any atom is 0.273 e. The molecule has 0 bridgehead atoms. The number of nitro benzene ring substituents is 1. The minimum Gasteiger partial charge on any atom is -0.455 e. The van der Waals surface area contributed by atoms with E-state index in [2.05, 4.69) is 10.5 Å². The molecule has 0 aliphatic carbocycles. The minimum atomic E-state index is -0.521. The molecule has 0 radical (unpaired) electrons. The van der Waals surface area contributed by atoms with Gasteiger partial charge in [0.25, 0.3) is 11.6 Å². The van der Waals surface area contributed by atoms with E-state index in [0.29, 0.717) is 22.6 Å². The van der Waals surface area contributed by atoms with E-state index in [1.54, 1.807) is 24.3 Å². The van der Waals surface area contributed by atoms with Gasteiger partial charge < -0.3 is 8.98 Å². The number of rotatable bonds is 6. The molecule has 4 rings (SSSR count). The zero-order valence-electron chi connectivity index (χ0n) is 15.9. The van der Waals surface area contributed by atoms with Crippen LogP contribution in [0, 0.1) is 10.1 Å². The number of nitrogens with zero attached hydrogens (tertiary/aromatic N) is 3. The first kappa shape index (κ1) is 20.1. The number of hydrazone groups is 1. The van der Waals surface area contributed by atoms with E-state index in [1.165, 1.54) is 24.4 Å². The molecule has 2 aromatic heterocycles. The second kappa shape index (κ2) is 8.68. The fourth-order valence-corrected chi connectivity index (χ4v) is 3.25. The predicted octanol–water partition coefficient (Wildman–Crippen LogP) is 5.06. The highest BCUT2D eigenvalue weighted by atomic mass is 35.5. The van der Waals surface area contributed by atoms with Gasteiger partial charge in [-0.3, -0.25) is 14.9 Å². The van der Waals surface area contributed by atoms with E-state index in [0.717, 1.165) is 5.69 Å². The van der Waals surface area contributed by atoms with Crippen molar-refractivity contribution in [2.75, 3.05) is 0 Å². The Morgan fingerprint density at radius 1 is 1.10 bits per heavy atom.